The average Bonchev–Trinajstić information content (AvgIpc) is 2.71. The molecule has 1 aliphatic heterocycles. The molecule has 0 saturated heterocycles. The monoisotopic (exact) mass is 246 g/mol. The van der Waals surface area contributed by atoms with Crippen LogP contribution in [0.5, 0.6) is 0 Å². The van der Waals surface area contributed by atoms with Crippen LogP contribution in [-0.4, -0.2) is 27.3 Å². The highest BCUT2D eigenvalue weighted by atomic mass is 16.2. The van der Waals surface area contributed by atoms with E-state index >= 15 is 0 Å². The first-order valence-corrected chi connectivity index (χ1v) is 5.20. The van der Waals surface area contributed by atoms with Gasteiger partial charge in [0.2, 0.25) is 5.91 Å². The molecule has 18 heavy (non-hydrogen) atoms. The van der Waals surface area contributed by atoms with Gasteiger partial charge in [-0.1, -0.05) is 0 Å². The summed E-state index contributed by atoms with van der Waals surface area (Å²) in [5.74, 6) is -0.359. The molecule has 0 radical (unpaired) electrons. The Hall–Kier alpha value is -2.69. The van der Waals surface area contributed by atoms with Crippen LogP contribution in [0, 0.1) is 11.3 Å². The van der Waals surface area contributed by atoms with E-state index in [0.29, 0.717) is 5.82 Å². The molecule has 1 aliphatic rings. The molecule has 0 atom stereocenters. The van der Waals surface area contributed by atoms with E-state index in [1.54, 1.807) is 7.05 Å². The highest BCUT2D eigenvalue weighted by molar-refractivity contribution is 6.43. The number of aryl methyl sites for hydroxylation is 1. The van der Waals surface area contributed by atoms with Gasteiger partial charge in [0, 0.05) is 19.9 Å². The quantitative estimate of drug-likeness (QED) is 0.732. The number of rotatable bonds is 2. The number of nitrogens with zero attached hydrogens (tertiary/aromatic N) is 4. The second-order valence-electron chi connectivity index (χ2n) is 3.69. The van der Waals surface area contributed by atoms with Gasteiger partial charge in [-0.3, -0.25) is 14.3 Å². The number of carbonyl (C=O) groups is 2. The summed E-state index contributed by atoms with van der Waals surface area (Å²) in [4.78, 5) is 22.7. The van der Waals surface area contributed by atoms with E-state index in [-0.39, 0.29) is 30.0 Å². The molecule has 0 bridgehead atoms. The first-order chi connectivity index (χ1) is 8.61. The molecule has 1 aromatic heterocycles. The number of anilines is 1. The normalized spacial score (nSPS) is 14.4. The van der Waals surface area contributed by atoms with Crippen molar-refractivity contribution in [3.05, 3.63) is 11.8 Å². The van der Waals surface area contributed by atoms with E-state index in [2.05, 4.69) is 20.9 Å². The van der Waals surface area contributed by atoms with Crippen molar-refractivity contribution in [2.75, 3.05) is 5.32 Å². The summed E-state index contributed by atoms with van der Waals surface area (Å²) in [6, 6.07) is 1.92. The largest absolute Gasteiger partial charge is 0.305 e. The van der Waals surface area contributed by atoms with E-state index in [0.717, 1.165) is 0 Å². The number of hydrazone groups is 1. The third-order valence-electron chi connectivity index (χ3n) is 2.46. The maximum Gasteiger partial charge on any atom is 0.273 e. The number of nitriles is 1. The summed E-state index contributed by atoms with van der Waals surface area (Å²) in [7, 11) is 1.61. The summed E-state index contributed by atoms with van der Waals surface area (Å²) in [5, 5.41) is 18.9. The van der Waals surface area contributed by atoms with Crippen molar-refractivity contribution < 1.29 is 9.59 Å². The minimum Gasteiger partial charge on any atom is -0.305 e. The average molecular weight is 246 g/mol. The molecule has 1 aromatic rings. The Morgan fingerprint density at radius 1 is 1.61 bits per heavy atom. The lowest BCUT2D eigenvalue weighted by molar-refractivity contribution is -0.121. The van der Waals surface area contributed by atoms with Crippen molar-refractivity contribution in [1.82, 2.24) is 15.2 Å². The van der Waals surface area contributed by atoms with E-state index < -0.39 is 5.91 Å². The Balaban J connectivity index is 2.15. The molecule has 0 spiro atoms. The summed E-state index contributed by atoms with van der Waals surface area (Å²) in [6.07, 6.45) is 1.86. The minimum absolute atomic E-state index is 0.218. The van der Waals surface area contributed by atoms with Gasteiger partial charge in [-0.05, 0) is 0 Å². The Bertz CT molecular complexity index is 580. The first-order valence-electron chi connectivity index (χ1n) is 5.20. The molecule has 2 heterocycles. The lowest BCUT2D eigenvalue weighted by atomic mass is 10.1. The summed E-state index contributed by atoms with van der Waals surface area (Å²) < 4.78 is 1.39. The Morgan fingerprint density at radius 3 is 3.00 bits per heavy atom. The number of aromatic nitrogens is 2. The predicted molar refractivity (Wildman–Crippen MR) is 61.4 cm³/mol. The fourth-order valence-electron chi connectivity index (χ4n) is 1.49. The van der Waals surface area contributed by atoms with Crippen LogP contribution in [-0.2, 0) is 16.6 Å². The fraction of sp³-hybridized carbons (Fsp3) is 0.300. The van der Waals surface area contributed by atoms with Gasteiger partial charge in [0.05, 0.1) is 6.20 Å². The van der Waals surface area contributed by atoms with Gasteiger partial charge >= 0.3 is 0 Å². The fourth-order valence-corrected chi connectivity index (χ4v) is 1.49. The van der Waals surface area contributed by atoms with Crippen molar-refractivity contribution in [1.29, 1.82) is 5.26 Å². The molecule has 2 N–H and O–H groups in total. The predicted octanol–water partition coefficient (Wildman–Crippen LogP) is -0.504. The molecule has 8 nitrogen and oxygen atoms in total. The number of hydrogen-bond acceptors (Lipinski definition) is 5. The van der Waals surface area contributed by atoms with Gasteiger partial charge in [-0.15, -0.1) is 0 Å². The molecular formula is C10H10N6O2. The summed E-state index contributed by atoms with van der Waals surface area (Å²) >= 11 is 0. The first kappa shape index (κ1) is 11.8. The van der Waals surface area contributed by atoms with Crippen LogP contribution in [0.25, 0.3) is 0 Å². The van der Waals surface area contributed by atoms with Crippen LogP contribution in [0.3, 0.4) is 0 Å². The molecule has 2 rings (SSSR count). The zero-order chi connectivity index (χ0) is 13.1. The smallest absolute Gasteiger partial charge is 0.273 e. The van der Waals surface area contributed by atoms with Gasteiger partial charge < -0.3 is 5.32 Å². The zero-order valence-corrected chi connectivity index (χ0v) is 9.60. The van der Waals surface area contributed by atoms with Crippen LogP contribution < -0.4 is 10.7 Å². The molecule has 0 aliphatic carbocycles. The van der Waals surface area contributed by atoms with Gasteiger partial charge in [-0.25, -0.2) is 5.43 Å². The second kappa shape index (κ2) is 4.67. The Kier molecular flexibility index (Phi) is 3.05. The Morgan fingerprint density at radius 2 is 2.39 bits per heavy atom. The van der Waals surface area contributed by atoms with E-state index in [9.17, 15) is 9.59 Å². The number of nitrogens with one attached hydrogen (secondary N) is 2. The maximum atomic E-state index is 11.8. The SMILES string of the molecule is Cn1ncc(C#N)c1NC(=O)C1=NNC(=O)CC1. The van der Waals surface area contributed by atoms with E-state index in [1.165, 1.54) is 10.9 Å². The standard InChI is InChI=1S/C10H10N6O2/c1-16-9(6(4-11)5-12-16)13-10(18)7-2-3-8(17)15-14-7/h5H,2-3H2,1H3,(H,13,18)(H,15,17). The molecule has 0 unspecified atom stereocenters. The third-order valence-corrected chi connectivity index (χ3v) is 2.46. The van der Waals surface area contributed by atoms with Gasteiger partial charge in [0.1, 0.15) is 23.2 Å². The van der Waals surface area contributed by atoms with Crippen LogP contribution in [0.4, 0.5) is 5.82 Å². The number of carbonyl (C=O) groups excluding carboxylic acids is 2. The van der Waals surface area contributed by atoms with E-state index in [4.69, 9.17) is 5.26 Å². The highest BCUT2D eigenvalue weighted by Crippen LogP contribution is 2.13. The molecule has 0 fully saturated rings. The lowest BCUT2D eigenvalue weighted by Gasteiger charge is -2.12. The summed E-state index contributed by atoms with van der Waals surface area (Å²) in [5.41, 5.74) is 2.73. The summed E-state index contributed by atoms with van der Waals surface area (Å²) in [6.45, 7) is 0. The molecule has 92 valence electrons. The van der Waals surface area contributed by atoms with E-state index in [1.807, 2.05) is 6.07 Å². The van der Waals surface area contributed by atoms with Crippen molar-refractivity contribution in [3.63, 3.8) is 0 Å². The van der Waals surface area contributed by atoms with Crippen LogP contribution >= 0.6 is 0 Å². The second-order valence-corrected chi connectivity index (χ2v) is 3.69. The zero-order valence-electron chi connectivity index (χ0n) is 9.60. The molecular weight excluding hydrogens is 236 g/mol. The number of hydrogen-bond donors (Lipinski definition) is 2. The van der Waals surface area contributed by atoms with Crippen LogP contribution in [0.1, 0.15) is 18.4 Å². The van der Waals surface area contributed by atoms with Gasteiger partial charge in [-0.2, -0.15) is 15.5 Å². The van der Waals surface area contributed by atoms with Crippen molar-refractivity contribution in [3.8, 4) is 6.07 Å². The molecule has 0 aromatic carbocycles. The molecule has 0 saturated carbocycles. The van der Waals surface area contributed by atoms with Crippen molar-refractivity contribution in [2.45, 2.75) is 12.8 Å². The van der Waals surface area contributed by atoms with Gasteiger partial charge in [0.25, 0.3) is 5.91 Å². The highest BCUT2D eigenvalue weighted by Gasteiger charge is 2.20. The minimum atomic E-state index is -0.449. The maximum absolute atomic E-state index is 11.8. The molecule has 8 heteroatoms. The topological polar surface area (TPSA) is 112 Å². The lowest BCUT2D eigenvalue weighted by Crippen LogP contribution is -2.33. The van der Waals surface area contributed by atoms with Crippen molar-refractivity contribution in [2.24, 2.45) is 12.1 Å². The van der Waals surface area contributed by atoms with Crippen LogP contribution in [0.2, 0.25) is 0 Å². The van der Waals surface area contributed by atoms with Gasteiger partial charge in [0.15, 0.2) is 0 Å². The third kappa shape index (κ3) is 2.20. The van der Waals surface area contributed by atoms with Crippen molar-refractivity contribution >= 4 is 23.3 Å². The van der Waals surface area contributed by atoms with Crippen LogP contribution in [0.15, 0.2) is 11.3 Å². The molecule has 2 amide bonds. The Labute approximate surface area is 102 Å². The number of amides is 2.